The number of rotatable bonds is 13. The summed E-state index contributed by atoms with van der Waals surface area (Å²) >= 11 is 12.9. The van der Waals surface area contributed by atoms with Gasteiger partial charge in [-0.25, -0.2) is 0 Å². The normalized spacial score (nSPS) is 13.3. The van der Waals surface area contributed by atoms with Crippen LogP contribution in [-0.4, -0.2) is 61.4 Å². The average molecular weight is 754 g/mol. The zero-order chi connectivity index (χ0) is 36.1. The number of aliphatic hydroxyl groups excluding tert-OH is 3. The van der Waals surface area contributed by atoms with Gasteiger partial charge in [-0.15, -0.1) is 0 Å². The maximum atomic E-state index is 14.0. The Morgan fingerprint density at radius 2 is 1.61 bits per heavy atom. The van der Waals surface area contributed by atoms with E-state index in [1.807, 2.05) is 0 Å². The molecule has 1 aromatic heterocycles. The van der Waals surface area contributed by atoms with E-state index in [0.29, 0.717) is 22.7 Å². The topological polar surface area (TPSA) is 114 Å². The van der Waals surface area contributed by atoms with Gasteiger partial charge in [-0.05, 0) is 53.6 Å². The SMILES string of the molecule is Cn1nc(C(F)(F)F)cc1-c1ccc(OCc2ccc(Cl)cc2)c(-c2ccc(Cl)c(C(F)(F)F)c2)c1OC(=O)CC(O)CSCC(O)CO. The second kappa shape index (κ2) is 16.0. The second-order valence-corrected chi connectivity index (χ2v) is 12.6. The van der Waals surface area contributed by atoms with Crippen LogP contribution in [-0.2, 0) is 30.8 Å². The fourth-order valence-electron chi connectivity index (χ4n) is 4.56. The molecule has 8 nitrogen and oxygen atoms in total. The molecule has 0 saturated heterocycles. The van der Waals surface area contributed by atoms with Crippen molar-refractivity contribution in [1.29, 1.82) is 0 Å². The number of aryl methyl sites for hydroxylation is 1. The van der Waals surface area contributed by atoms with Crippen LogP contribution in [0.4, 0.5) is 26.3 Å². The van der Waals surface area contributed by atoms with E-state index in [9.17, 15) is 41.4 Å². The van der Waals surface area contributed by atoms with Crippen LogP contribution in [0.25, 0.3) is 22.4 Å². The van der Waals surface area contributed by atoms with Crippen LogP contribution in [0.3, 0.4) is 0 Å². The summed E-state index contributed by atoms with van der Waals surface area (Å²) in [5, 5.41) is 32.3. The van der Waals surface area contributed by atoms with E-state index in [4.69, 9.17) is 37.8 Å². The van der Waals surface area contributed by atoms with Gasteiger partial charge in [0.05, 0.1) is 47.1 Å². The minimum absolute atomic E-state index is 0.0457. The predicted molar refractivity (Wildman–Crippen MR) is 172 cm³/mol. The lowest BCUT2D eigenvalue weighted by Crippen LogP contribution is -2.22. The summed E-state index contributed by atoms with van der Waals surface area (Å²) in [5.41, 5.74) is -2.73. The van der Waals surface area contributed by atoms with Gasteiger partial charge in [-0.1, -0.05) is 41.4 Å². The van der Waals surface area contributed by atoms with Crippen molar-refractivity contribution in [2.75, 3.05) is 18.1 Å². The highest BCUT2D eigenvalue weighted by molar-refractivity contribution is 7.99. The molecule has 2 unspecified atom stereocenters. The molecule has 3 aromatic carbocycles. The zero-order valence-electron chi connectivity index (χ0n) is 25.4. The first kappa shape index (κ1) is 38.3. The Morgan fingerprint density at radius 1 is 0.939 bits per heavy atom. The number of nitrogens with zero attached hydrogens (tertiary/aromatic N) is 2. The van der Waals surface area contributed by atoms with Crippen molar-refractivity contribution < 1.29 is 55.9 Å². The van der Waals surface area contributed by atoms with Crippen LogP contribution in [0.15, 0.2) is 60.7 Å². The molecule has 0 fully saturated rings. The number of alkyl halides is 6. The Kier molecular flexibility index (Phi) is 12.5. The third kappa shape index (κ3) is 10.0. The summed E-state index contributed by atoms with van der Waals surface area (Å²) in [7, 11) is 1.20. The van der Waals surface area contributed by atoms with E-state index in [-0.39, 0.29) is 46.2 Å². The van der Waals surface area contributed by atoms with E-state index in [1.54, 1.807) is 24.3 Å². The third-order valence-corrected chi connectivity index (χ3v) is 8.71. The Bertz CT molecular complexity index is 1770. The first-order valence-corrected chi connectivity index (χ1v) is 16.2. The third-order valence-electron chi connectivity index (χ3n) is 6.88. The Morgan fingerprint density at radius 3 is 2.22 bits per heavy atom. The van der Waals surface area contributed by atoms with Crippen molar-refractivity contribution >= 4 is 40.9 Å². The van der Waals surface area contributed by atoms with E-state index < -0.39 is 65.6 Å². The second-order valence-electron chi connectivity index (χ2n) is 10.7. The molecule has 264 valence electrons. The number of aromatic nitrogens is 2. The minimum atomic E-state index is -4.92. The lowest BCUT2D eigenvalue weighted by molar-refractivity contribution is -0.141. The Labute approximate surface area is 290 Å². The van der Waals surface area contributed by atoms with Crippen molar-refractivity contribution in [3.63, 3.8) is 0 Å². The van der Waals surface area contributed by atoms with Gasteiger partial charge in [0.15, 0.2) is 11.4 Å². The van der Waals surface area contributed by atoms with Crippen LogP contribution >= 0.6 is 35.0 Å². The molecule has 17 heteroatoms. The molecule has 2 atom stereocenters. The molecule has 4 rings (SSSR count). The molecule has 0 aliphatic rings. The summed E-state index contributed by atoms with van der Waals surface area (Å²) in [4.78, 5) is 13.3. The zero-order valence-corrected chi connectivity index (χ0v) is 27.7. The van der Waals surface area contributed by atoms with Crippen molar-refractivity contribution in [3.8, 4) is 33.9 Å². The number of ether oxygens (including phenoxy) is 2. The average Bonchev–Trinajstić information content (AvgIpc) is 3.42. The van der Waals surface area contributed by atoms with E-state index >= 15 is 0 Å². The summed E-state index contributed by atoms with van der Waals surface area (Å²) < 4.78 is 95.5. The number of hydrogen-bond donors (Lipinski definition) is 3. The van der Waals surface area contributed by atoms with Crippen molar-refractivity contribution in [1.82, 2.24) is 9.78 Å². The molecule has 0 aliphatic heterocycles. The standard InChI is InChI=1S/C32H28Cl2F6N2O6S/c1-42-25(12-27(41-42)32(38,39)40)22-7-9-26(47-14-17-2-5-19(33)6-3-17)29(18-4-8-24(34)23(10-18)31(35,36)37)30(22)48-28(46)11-20(44)15-49-16-21(45)13-43/h2-10,12,20-21,43-45H,11,13-16H2,1H3. The molecule has 0 bridgehead atoms. The maximum Gasteiger partial charge on any atom is 0.435 e. The van der Waals surface area contributed by atoms with Gasteiger partial charge < -0.3 is 24.8 Å². The first-order valence-electron chi connectivity index (χ1n) is 14.3. The molecule has 1 heterocycles. The molecular weight excluding hydrogens is 725 g/mol. The van der Waals surface area contributed by atoms with Gasteiger partial charge in [-0.2, -0.15) is 43.2 Å². The van der Waals surface area contributed by atoms with Crippen molar-refractivity contribution in [2.45, 2.75) is 37.6 Å². The lowest BCUT2D eigenvalue weighted by atomic mass is 9.96. The number of hydrogen-bond acceptors (Lipinski definition) is 8. The number of halogens is 8. The van der Waals surface area contributed by atoms with Crippen LogP contribution in [0.2, 0.25) is 10.0 Å². The molecule has 0 radical (unpaired) electrons. The van der Waals surface area contributed by atoms with Crippen molar-refractivity contribution in [3.05, 3.63) is 87.5 Å². The van der Waals surface area contributed by atoms with Gasteiger partial charge in [0.1, 0.15) is 12.4 Å². The summed E-state index contributed by atoms with van der Waals surface area (Å²) in [5.74, 6) is -1.69. The highest BCUT2D eigenvalue weighted by atomic mass is 35.5. The number of carbonyl (C=O) groups is 1. The van der Waals surface area contributed by atoms with Gasteiger partial charge >= 0.3 is 18.3 Å². The fraction of sp³-hybridized carbons (Fsp3) is 0.312. The molecule has 4 aromatic rings. The molecule has 0 spiro atoms. The molecule has 49 heavy (non-hydrogen) atoms. The van der Waals surface area contributed by atoms with Gasteiger partial charge in [0.2, 0.25) is 0 Å². The van der Waals surface area contributed by atoms with Crippen LogP contribution < -0.4 is 9.47 Å². The Hall–Kier alpha value is -3.47. The van der Waals surface area contributed by atoms with Crippen LogP contribution in [0.1, 0.15) is 23.2 Å². The van der Waals surface area contributed by atoms with Crippen LogP contribution in [0, 0.1) is 0 Å². The van der Waals surface area contributed by atoms with E-state index in [0.717, 1.165) is 22.5 Å². The molecule has 0 amide bonds. The van der Waals surface area contributed by atoms with E-state index in [1.165, 1.54) is 25.2 Å². The summed E-state index contributed by atoms with van der Waals surface area (Å²) in [6.07, 6.45) is -12.8. The Balaban J connectivity index is 1.88. The fourth-order valence-corrected chi connectivity index (χ4v) is 5.82. The molecular formula is C32H28Cl2F6N2O6S. The highest BCUT2D eigenvalue weighted by Crippen LogP contribution is 2.48. The lowest BCUT2D eigenvalue weighted by Gasteiger charge is -2.21. The largest absolute Gasteiger partial charge is 0.488 e. The first-order chi connectivity index (χ1) is 23.0. The molecule has 0 saturated carbocycles. The number of carbonyl (C=O) groups excluding carboxylic acids is 1. The monoisotopic (exact) mass is 752 g/mol. The number of benzene rings is 3. The smallest absolute Gasteiger partial charge is 0.435 e. The predicted octanol–water partition coefficient (Wildman–Crippen LogP) is 7.42. The molecule has 3 N–H and O–H groups in total. The van der Waals surface area contributed by atoms with Crippen LogP contribution in [0.5, 0.6) is 11.5 Å². The minimum Gasteiger partial charge on any atom is -0.488 e. The van der Waals surface area contributed by atoms with Gasteiger partial charge in [0, 0.05) is 29.1 Å². The number of thioether (sulfide) groups is 1. The van der Waals surface area contributed by atoms with Crippen molar-refractivity contribution in [2.24, 2.45) is 7.05 Å². The number of esters is 1. The van der Waals surface area contributed by atoms with E-state index in [2.05, 4.69) is 5.10 Å². The summed E-state index contributed by atoms with van der Waals surface area (Å²) in [6, 6.07) is 12.6. The van der Waals surface area contributed by atoms with Gasteiger partial charge in [-0.3, -0.25) is 9.48 Å². The number of aliphatic hydroxyl groups is 3. The maximum absolute atomic E-state index is 14.0. The summed E-state index contributed by atoms with van der Waals surface area (Å²) in [6.45, 7) is -0.659. The highest BCUT2D eigenvalue weighted by Gasteiger charge is 2.37. The quantitative estimate of drug-likeness (QED) is 0.0735. The van der Waals surface area contributed by atoms with Gasteiger partial charge in [0.25, 0.3) is 0 Å². The molecule has 0 aliphatic carbocycles.